The zero-order chi connectivity index (χ0) is 39.8. The van der Waals surface area contributed by atoms with Crippen molar-refractivity contribution in [3.05, 3.63) is 95.8 Å². The molecule has 8 rings (SSSR count). The number of rotatable bonds is 11. The van der Waals surface area contributed by atoms with E-state index in [1.807, 2.05) is 4.90 Å². The normalized spacial score (nSPS) is 17.5. The van der Waals surface area contributed by atoms with Crippen molar-refractivity contribution in [2.45, 2.75) is 38.2 Å². The summed E-state index contributed by atoms with van der Waals surface area (Å²) in [5.74, 6) is -0.347. The summed E-state index contributed by atoms with van der Waals surface area (Å²) in [6, 6.07) is 19.7. The van der Waals surface area contributed by atoms with E-state index >= 15 is 4.39 Å². The first-order valence-corrected chi connectivity index (χ1v) is 19.2. The van der Waals surface area contributed by atoms with E-state index in [4.69, 9.17) is 9.47 Å². The van der Waals surface area contributed by atoms with Crippen LogP contribution >= 0.6 is 11.3 Å². The maximum absolute atomic E-state index is 15.3. The number of piperidine rings is 1. The molecule has 3 amide bonds. The smallest absolute Gasteiger partial charge is 0.508 e. The predicted molar refractivity (Wildman–Crippen MR) is 203 cm³/mol. The second-order valence-corrected chi connectivity index (χ2v) is 15.0. The Balaban J connectivity index is 0.827. The number of nitrogens with zero attached hydrogens (tertiary/aromatic N) is 3. The summed E-state index contributed by atoms with van der Waals surface area (Å²) in [7, 11) is 0. The first-order chi connectivity index (χ1) is 27.4. The number of alkyl halides is 3. The molecule has 3 aliphatic heterocycles. The summed E-state index contributed by atoms with van der Waals surface area (Å²) in [4.78, 5) is 43.4. The minimum absolute atomic E-state index is 0.0762. The van der Waals surface area contributed by atoms with Crippen LogP contribution in [0.15, 0.2) is 78.9 Å². The van der Waals surface area contributed by atoms with E-state index < -0.39 is 30.0 Å². The topological polar surface area (TPSA) is 121 Å². The molecule has 296 valence electrons. The van der Waals surface area contributed by atoms with Gasteiger partial charge in [0.05, 0.1) is 17.2 Å². The van der Waals surface area contributed by atoms with Crippen LogP contribution in [0.2, 0.25) is 0 Å². The van der Waals surface area contributed by atoms with E-state index in [2.05, 4.69) is 15.0 Å². The molecule has 0 saturated carbocycles. The molecular formula is C41H36F4N4O7S. The largest absolute Gasteiger partial charge is 0.573 e. The number of phenols is 1. The third-order valence-corrected chi connectivity index (χ3v) is 11.4. The Labute approximate surface area is 327 Å². The van der Waals surface area contributed by atoms with Gasteiger partial charge in [0.2, 0.25) is 11.8 Å². The summed E-state index contributed by atoms with van der Waals surface area (Å²) in [5.41, 5.74) is 1.96. The number of fused-ring (bicyclic) bond motifs is 2. The molecule has 11 nitrogen and oxygen atoms in total. The average molecular weight is 805 g/mol. The van der Waals surface area contributed by atoms with Crippen LogP contribution in [0.25, 0.3) is 20.5 Å². The van der Waals surface area contributed by atoms with Crippen molar-refractivity contribution in [1.82, 2.24) is 15.1 Å². The second kappa shape index (κ2) is 15.6. The Bertz CT molecular complexity index is 2330. The molecule has 4 aromatic carbocycles. The van der Waals surface area contributed by atoms with Gasteiger partial charge in [-0.1, -0.05) is 0 Å². The van der Waals surface area contributed by atoms with Crippen LogP contribution < -0.4 is 24.4 Å². The van der Waals surface area contributed by atoms with E-state index in [0.29, 0.717) is 71.7 Å². The van der Waals surface area contributed by atoms with Crippen LogP contribution in [0.4, 0.5) is 23.2 Å². The molecule has 0 spiro atoms. The summed E-state index contributed by atoms with van der Waals surface area (Å²) < 4.78 is 70.5. The van der Waals surface area contributed by atoms with Gasteiger partial charge in [-0.05, 0) is 103 Å². The van der Waals surface area contributed by atoms with Crippen LogP contribution in [0, 0.1) is 5.82 Å². The molecule has 1 unspecified atom stereocenters. The van der Waals surface area contributed by atoms with Gasteiger partial charge in [-0.15, -0.1) is 24.5 Å². The number of hydrogen-bond acceptors (Lipinski definition) is 10. The van der Waals surface area contributed by atoms with Crippen LogP contribution in [-0.2, 0) is 16.1 Å². The van der Waals surface area contributed by atoms with Gasteiger partial charge in [-0.25, -0.2) is 4.39 Å². The van der Waals surface area contributed by atoms with Gasteiger partial charge in [-0.2, -0.15) is 0 Å². The molecule has 1 atom stereocenters. The lowest BCUT2D eigenvalue weighted by Gasteiger charge is -2.36. The van der Waals surface area contributed by atoms with Gasteiger partial charge in [0.25, 0.3) is 5.91 Å². The van der Waals surface area contributed by atoms with Gasteiger partial charge in [0, 0.05) is 61.3 Å². The van der Waals surface area contributed by atoms with Crippen LogP contribution in [-0.4, -0.2) is 84.4 Å². The van der Waals surface area contributed by atoms with Crippen molar-refractivity contribution in [2.24, 2.45) is 0 Å². The van der Waals surface area contributed by atoms with Crippen molar-refractivity contribution in [1.29, 1.82) is 0 Å². The number of halogens is 4. The molecule has 1 aromatic heterocycles. The summed E-state index contributed by atoms with van der Waals surface area (Å²) in [6.07, 6.45) is -3.65. The average Bonchev–Trinajstić information content (AvgIpc) is 3.69. The minimum Gasteiger partial charge on any atom is -0.508 e. The molecule has 4 heterocycles. The molecule has 57 heavy (non-hydrogen) atoms. The number of aromatic hydroxyl groups is 1. The van der Waals surface area contributed by atoms with E-state index in [1.165, 1.54) is 46.6 Å². The van der Waals surface area contributed by atoms with Crippen molar-refractivity contribution < 1.29 is 51.3 Å². The van der Waals surface area contributed by atoms with Gasteiger partial charge in [-0.3, -0.25) is 24.6 Å². The molecule has 3 aliphatic rings. The van der Waals surface area contributed by atoms with Gasteiger partial charge in [0.1, 0.15) is 34.9 Å². The first-order valence-electron chi connectivity index (χ1n) is 18.4. The zero-order valence-corrected chi connectivity index (χ0v) is 31.1. The Morgan fingerprint density at radius 1 is 0.877 bits per heavy atom. The summed E-state index contributed by atoms with van der Waals surface area (Å²) in [5, 5.41) is 13.1. The number of ether oxygens (including phenoxy) is 3. The number of phenolic OH excluding ortho intramolecular Hbond substituents is 1. The fourth-order valence-corrected chi connectivity index (χ4v) is 8.56. The van der Waals surface area contributed by atoms with E-state index in [1.54, 1.807) is 48.5 Å². The van der Waals surface area contributed by atoms with Crippen molar-refractivity contribution in [3.8, 4) is 39.2 Å². The number of anilines is 1. The number of imide groups is 1. The number of amides is 3. The number of benzene rings is 4. The highest BCUT2D eigenvalue weighted by Crippen LogP contribution is 2.47. The lowest BCUT2D eigenvalue weighted by Crippen LogP contribution is -2.52. The Morgan fingerprint density at radius 2 is 1.60 bits per heavy atom. The summed E-state index contributed by atoms with van der Waals surface area (Å²) >= 11 is 1.34. The number of carbonyl (C=O) groups excluding carboxylic acids is 3. The predicted octanol–water partition coefficient (Wildman–Crippen LogP) is 7.46. The summed E-state index contributed by atoms with van der Waals surface area (Å²) in [6.45, 7) is 4.07. The number of piperazine rings is 1. The lowest BCUT2D eigenvalue weighted by atomic mass is 10.0. The van der Waals surface area contributed by atoms with E-state index in [0.717, 1.165) is 23.1 Å². The zero-order valence-electron chi connectivity index (χ0n) is 30.3. The van der Waals surface area contributed by atoms with Crippen molar-refractivity contribution in [2.75, 3.05) is 44.2 Å². The molecule has 0 bridgehead atoms. The number of hydrogen-bond donors (Lipinski definition) is 2. The van der Waals surface area contributed by atoms with E-state index in [-0.39, 0.29) is 42.4 Å². The van der Waals surface area contributed by atoms with Crippen molar-refractivity contribution >= 4 is 44.8 Å². The van der Waals surface area contributed by atoms with Gasteiger partial charge < -0.3 is 29.1 Å². The SMILES string of the molecule is O=C1CCC(N2Cc3cc(N4CCN(CCCOc5ccc(Oc6c(-c7ccc(OC(F)(F)F)cc7)sc7cc(O)ccc67)cc5)CC4)c(F)cc3C2=O)C(=O)N1. The van der Waals surface area contributed by atoms with Crippen molar-refractivity contribution in [3.63, 3.8) is 0 Å². The van der Waals surface area contributed by atoms with Crippen LogP contribution in [0.3, 0.4) is 0 Å². The van der Waals surface area contributed by atoms with Crippen LogP contribution in [0.5, 0.6) is 28.7 Å². The quantitative estimate of drug-likeness (QED) is 0.0797. The molecule has 2 saturated heterocycles. The Hall–Kier alpha value is -5.87. The monoisotopic (exact) mass is 804 g/mol. The maximum atomic E-state index is 15.3. The molecular weight excluding hydrogens is 769 g/mol. The minimum atomic E-state index is -4.80. The van der Waals surface area contributed by atoms with Crippen LogP contribution in [0.1, 0.15) is 35.2 Å². The molecule has 16 heteroatoms. The maximum Gasteiger partial charge on any atom is 0.573 e. The van der Waals surface area contributed by atoms with E-state index in [9.17, 15) is 32.7 Å². The molecule has 0 aliphatic carbocycles. The fourth-order valence-electron chi connectivity index (χ4n) is 7.39. The highest BCUT2D eigenvalue weighted by Gasteiger charge is 2.40. The first kappa shape index (κ1) is 38.0. The number of carbonyl (C=O) groups is 3. The third-order valence-electron chi connectivity index (χ3n) is 10.2. The van der Waals surface area contributed by atoms with Gasteiger partial charge in [0.15, 0.2) is 5.75 Å². The molecule has 0 radical (unpaired) electrons. The van der Waals surface area contributed by atoms with Gasteiger partial charge >= 0.3 is 6.36 Å². The third kappa shape index (κ3) is 8.32. The Kier molecular flexibility index (Phi) is 10.4. The second-order valence-electron chi connectivity index (χ2n) is 14.0. The standard InChI is InChI=1S/C41H36F4N4O7S/c42-32-22-31-25(23-49(40(31)53)33-12-13-36(51)46-39(33)52)20-34(32)48-17-15-47(16-18-48)14-1-19-54-27-7-9-28(10-8-27)55-37-30-11-4-26(50)21-35(30)57-38(37)24-2-5-29(6-3-24)56-41(43,44)45/h2-11,20-22,33,50H,1,12-19,23H2,(H,46,51,52). The number of nitrogens with one attached hydrogen (secondary N) is 1. The lowest BCUT2D eigenvalue weighted by molar-refractivity contribution is -0.274. The molecule has 2 fully saturated rings. The molecule has 2 N–H and O–H groups in total. The highest BCUT2D eigenvalue weighted by atomic mass is 32.1. The number of thiophene rings is 1. The Morgan fingerprint density at radius 3 is 2.32 bits per heavy atom. The fraction of sp³-hybridized carbons (Fsp3) is 0.293. The molecule has 5 aromatic rings. The highest BCUT2D eigenvalue weighted by molar-refractivity contribution is 7.22.